The number of imide groups is 2. The van der Waals surface area contributed by atoms with Crippen LogP contribution >= 0.6 is 0 Å². The number of hydrogen-bond donors (Lipinski definition) is 2. The van der Waals surface area contributed by atoms with Crippen molar-refractivity contribution in [1.82, 2.24) is 25.0 Å². The second kappa shape index (κ2) is 14.6. The molecule has 3 N–H and O–H groups in total. The summed E-state index contributed by atoms with van der Waals surface area (Å²) in [6, 6.07) is 15.1. The standard InChI is InChI=1S/C40H32F3N7O7/c41-40(42,43)26-3-1-2-22(14-26)15-35(52)49-11-10-23-16-28(5-7-31(23)49)57-33-17-24(19-45-36(33)44)25-20-46-48(21-25)12-13-56-27-4-6-29-30(18-27)39(55)50(38(29)54)32-8-9-34(51)47-37(32)53/h1-7,14,16-21,32H,8-13,15H2,(H2,44,45)(H,47,51,53). The molecule has 0 bridgehead atoms. The van der Waals surface area contributed by atoms with Gasteiger partial charge >= 0.3 is 6.18 Å². The molecule has 1 saturated heterocycles. The van der Waals surface area contributed by atoms with E-state index in [1.165, 1.54) is 24.3 Å². The highest BCUT2D eigenvalue weighted by molar-refractivity contribution is 6.23. The Labute approximate surface area is 322 Å². The van der Waals surface area contributed by atoms with Crippen molar-refractivity contribution in [3.8, 4) is 28.4 Å². The average Bonchev–Trinajstić information content (AvgIpc) is 3.89. The lowest BCUT2D eigenvalue weighted by Crippen LogP contribution is -2.54. The molecule has 57 heavy (non-hydrogen) atoms. The van der Waals surface area contributed by atoms with Crippen LogP contribution in [0, 0.1) is 0 Å². The van der Waals surface area contributed by atoms with E-state index in [0.717, 1.165) is 22.6 Å². The minimum absolute atomic E-state index is 0.0273. The van der Waals surface area contributed by atoms with Crippen LogP contribution in [0.15, 0.2) is 85.3 Å². The minimum Gasteiger partial charge on any atom is -0.492 e. The maximum atomic E-state index is 13.2. The number of nitrogens with zero attached hydrogens (tertiary/aromatic N) is 5. The molecular formula is C40H32F3N7O7. The molecule has 0 radical (unpaired) electrons. The van der Waals surface area contributed by atoms with Crippen LogP contribution in [0.2, 0.25) is 0 Å². The summed E-state index contributed by atoms with van der Waals surface area (Å²) >= 11 is 0. The van der Waals surface area contributed by atoms with Crippen molar-refractivity contribution in [3.05, 3.63) is 113 Å². The van der Waals surface area contributed by atoms with Crippen molar-refractivity contribution < 1.29 is 46.6 Å². The van der Waals surface area contributed by atoms with E-state index < -0.39 is 41.4 Å². The van der Waals surface area contributed by atoms with Gasteiger partial charge in [0.15, 0.2) is 11.6 Å². The lowest BCUT2D eigenvalue weighted by Gasteiger charge is -2.27. The lowest BCUT2D eigenvalue weighted by atomic mass is 10.0. The molecule has 0 saturated carbocycles. The largest absolute Gasteiger partial charge is 0.492 e. The summed E-state index contributed by atoms with van der Waals surface area (Å²) in [4.78, 5) is 69.9. The summed E-state index contributed by atoms with van der Waals surface area (Å²) in [5.74, 6) is -1.43. The van der Waals surface area contributed by atoms with Crippen LogP contribution in [0.5, 0.6) is 17.2 Å². The highest BCUT2D eigenvalue weighted by atomic mass is 19.4. The van der Waals surface area contributed by atoms with Crippen LogP contribution in [0.4, 0.5) is 24.7 Å². The van der Waals surface area contributed by atoms with Gasteiger partial charge in [0.1, 0.15) is 24.1 Å². The summed E-state index contributed by atoms with van der Waals surface area (Å²) in [5, 5.41) is 6.58. The molecule has 5 aromatic rings. The molecule has 0 aliphatic carbocycles. The van der Waals surface area contributed by atoms with Crippen molar-refractivity contribution in [2.45, 2.75) is 44.4 Å². The van der Waals surface area contributed by atoms with Crippen LogP contribution in [0.1, 0.15) is 50.2 Å². The average molecular weight is 780 g/mol. The Kier molecular flexibility index (Phi) is 9.43. The van der Waals surface area contributed by atoms with Crippen molar-refractivity contribution >= 4 is 41.0 Å². The predicted molar refractivity (Wildman–Crippen MR) is 196 cm³/mol. The van der Waals surface area contributed by atoms with Gasteiger partial charge in [-0.05, 0) is 72.5 Å². The smallest absolute Gasteiger partial charge is 0.416 e. The minimum atomic E-state index is -4.50. The number of amides is 5. The highest BCUT2D eigenvalue weighted by Gasteiger charge is 2.44. The van der Waals surface area contributed by atoms with E-state index in [1.54, 1.807) is 58.5 Å². The maximum absolute atomic E-state index is 13.2. The van der Waals surface area contributed by atoms with Gasteiger partial charge in [0.2, 0.25) is 17.7 Å². The zero-order valence-electron chi connectivity index (χ0n) is 29.9. The number of carbonyl (C=O) groups excluding carboxylic acids is 5. The second-order valence-corrected chi connectivity index (χ2v) is 13.7. The molecule has 8 rings (SSSR count). The fraction of sp³-hybridized carbons (Fsp3) is 0.225. The molecular weight excluding hydrogens is 747 g/mol. The third-order valence-corrected chi connectivity index (χ3v) is 9.93. The Morgan fingerprint density at radius 1 is 0.912 bits per heavy atom. The van der Waals surface area contributed by atoms with Gasteiger partial charge in [0.25, 0.3) is 11.8 Å². The normalized spacial score (nSPS) is 16.4. The SMILES string of the molecule is Nc1ncc(-c2cnn(CCOc3ccc4c(c3)C(=O)N(C3CCC(=O)NC3=O)C4=O)c2)cc1Oc1ccc2c(c1)CCN2C(=O)Cc1cccc(C(F)(F)F)c1. The molecule has 17 heteroatoms. The van der Waals surface area contributed by atoms with Crippen LogP contribution in [0.3, 0.4) is 0 Å². The number of aromatic nitrogens is 3. The number of alkyl halides is 3. The van der Waals surface area contributed by atoms with Gasteiger partial charge in [0, 0.05) is 42.2 Å². The van der Waals surface area contributed by atoms with E-state index in [9.17, 15) is 37.1 Å². The Morgan fingerprint density at radius 3 is 2.53 bits per heavy atom. The van der Waals surface area contributed by atoms with Gasteiger partial charge < -0.3 is 20.1 Å². The molecule has 3 aromatic carbocycles. The fourth-order valence-corrected chi connectivity index (χ4v) is 7.08. The Hall–Kier alpha value is -7.04. The van der Waals surface area contributed by atoms with E-state index in [1.807, 2.05) is 0 Å². The fourth-order valence-electron chi connectivity index (χ4n) is 7.08. The zero-order valence-corrected chi connectivity index (χ0v) is 29.9. The van der Waals surface area contributed by atoms with Gasteiger partial charge in [-0.15, -0.1) is 0 Å². The molecule has 0 spiro atoms. The molecule has 3 aliphatic heterocycles. The number of hydrogen-bond acceptors (Lipinski definition) is 10. The number of rotatable bonds is 10. The Bertz CT molecular complexity index is 2480. The van der Waals surface area contributed by atoms with Crippen molar-refractivity contribution in [1.29, 1.82) is 0 Å². The number of fused-ring (bicyclic) bond motifs is 2. The first kappa shape index (κ1) is 36.9. The number of ether oxygens (including phenoxy) is 2. The van der Waals surface area contributed by atoms with E-state index in [2.05, 4.69) is 15.4 Å². The molecule has 1 fully saturated rings. The zero-order chi connectivity index (χ0) is 40.0. The van der Waals surface area contributed by atoms with E-state index >= 15 is 0 Å². The van der Waals surface area contributed by atoms with Crippen molar-refractivity contribution in [3.63, 3.8) is 0 Å². The monoisotopic (exact) mass is 779 g/mol. The molecule has 3 aliphatic rings. The summed E-state index contributed by atoms with van der Waals surface area (Å²) in [5.41, 5.74) is 8.79. The highest BCUT2D eigenvalue weighted by Crippen LogP contribution is 2.37. The first-order chi connectivity index (χ1) is 27.3. The van der Waals surface area contributed by atoms with E-state index in [-0.39, 0.29) is 54.3 Å². The Morgan fingerprint density at radius 2 is 1.72 bits per heavy atom. The van der Waals surface area contributed by atoms with Crippen LogP contribution in [-0.4, -0.2) is 68.4 Å². The van der Waals surface area contributed by atoms with Crippen LogP contribution in [-0.2, 0) is 39.9 Å². The number of halogens is 3. The van der Waals surface area contributed by atoms with Crippen LogP contribution < -0.4 is 25.4 Å². The number of benzene rings is 3. The number of anilines is 2. The maximum Gasteiger partial charge on any atom is 0.416 e. The molecule has 14 nitrogen and oxygen atoms in total. The molecule has 5 heterocycles. The van der Waals surface area contributed by atoms with Crippen LogP contribution in [0.25, 0.3) is 11.1 Å². The summed E-state index contributed by atoms with van der Waals surface area (Å²) < 4.78 is 53.2. The number of nitrogen functional groups attached to an aromatic ring is 1. The molecule has 5 amide bonds. The second-order valence-electron chi connectivity index (χ2n) is 13.7. The van der Waals surface area contributed by atoms with Gasteiger partial charge in [0.05, 0.1) is 35.9 Å². The number of piperidine rings is 1. The van der Waals surface area contributed by atoms with Crippen molar-refractivity contribution in [2.24, 2.45) is 0 Å². The molecule has 290 valence electrons. The topological polar surface area (TPSA) is 179 Å². The first-order valence-corrected chi connectivity index (χ1v) is 17.9. The van der Waals surface area contributed by atoms with Gasteiger partial charge in [-0.25, -0.2) is 4.98 Å². The summed E-state index contributed by atoms with van der Waals surface area (Å²) in [7, 11) is 0. The Balaban J connectivity index is 0.880. The quantitative estimate of drug-likeness (QED) is 0.184. The van der Waals surface area contributed by atoms with Crippen molar-refractivity contribution in [2.75, 3.05) is 23.8 Å². The summed E-state index contributed by atoms with van der Waals surface area (Å²) in [6.45, 7) is 0.872. The number of nitrogens with one attached hydrogen (secondary N) is 1. The summed E-state index contributed by atoms with van der Waals surface area (Å²) in [6.07, 6.45) is 0.953. The molecule has 1 unspecified atom stereocenters. The first-order valence-electron chi connectivity index (χ1n) is 17.9. The third-order valence-electron chi connectivity index (χ3n) is 9.93. The van der Waals surface area contributed by atoms with Gasteiger partial charge in [-0.2, -0.15) is 18.3 Å². The van der Waals surface area contributed by atoms with Gasteiger partial charge in [-0.3, -0.25) is 38.9 Å². The third kappa shape index (κ3) is 7.38. The van der Waals surface area contributed by atoms with E-state index in [4.69, 9.17) is 15.2 Å². The van der Waals surface area contributed by atoms with Gasteiger partial charge in [-0.1, -0.05) is 18.2 Å². The lowest BCUT2D eigenvalue weighted by molar-refractivity contribution is -0.138. The number of nitrogens with two attached hydrogens (primary N) is 1. The number of pyridine rings is 1. The predicted octanol–water partition coefficient (Wildman–Crippen LogP) is 4.95. The van der Waals surface area contributed by atoms with E-state index in [0.29, 0.717) is 53.6 Å². The molecule has 1 atom stereocenters. The molecule has 2 aromatic heterocycles. The number of carbonyl (C=O) groups is 5.